The van der Waals surface area contributed by atoms with Crippen molar-refractivity contribution < 1.29 is 18.3 Å². The van der Waals surface area contributed by atoms with Crippen LogP contribution in [0.1, 0.15) is 15.9 Å². The van der Waals surface area contributed by atoms with E-state index in [4.69, 9.17) is 10.00 Å². The first-order chi connectivity index (χ1) is 7.17. The molecule has 0 aliphatic carbocycles. The maximum absolute atomic E-state index is 11.8. The Morgan fingerprint density at radius 3 is 2.80 bits per heavy atom. The summed E-state index contributed by atoms with van der Waals surface area (Å²) in [4.78, 5) is 10.4. The van der Waals surface area contributed by atoms with Gasteiger partial charge >= 0.3 is 0 Å². The lowest BCUT2D eigenvalue weighted by Crippen LogP contribution is -2.08. The summed E-state index contributed by atoms with van der Waals surface area (Å²) in [6, 6.07) is 5.77. The van der Waals surface area contributed by atoms with E-state index in [0.29, 0.717) is 11.8 Å². The lowest BCUT2D eigenvalue weighted by atomic mass is 10.1. The van der Waals surface area contributed by atoms with Crippen LogP contribution in [0.5, 0.6) is 5.75 Å². The lowest BCUT2D eigenvalue weighted by Gasteiger charge is -2.06. The molecule has 0 radical (unpaired) electrons. The average molecular weight is 211 g/mol. The van der Waals surface area contributed by atoms with E-state index in [9.17, 15) is 13.6 Å². The highest BCUT2D eigenvalue weighted by molar-refractivity contribution is 5.76. The molecule has 5 heteroatoms. The van der Waals surface area contributed by atoms with E-state index in [1.807, 2.05) is 0 Å². The largest absolute Gasteiger partial charge is 0.486 e. The number of ether oxygens (including phenoxy) is 1. The molecule has 3 nitrogen and oxygen atoms in total. The van der Waals surface area contributed by atoms with E-state index >= 15 is 0 Å². The predicted octanol–water partition coefficient (Wildman–Crippen LogP) is 2.01. The zero-order valence-corrected chi connectivity index (χ0v) is 7.61. The van der Waals surface area contributed by atoms with Crippen molar-refractivity contribution in [1.29, 1.82) is 5.26 Å². The molecule has 0 atom stereocenters. The summed E-state index contributed by atoms with van der Waals surface area (Å²) in [5.41, 5.74) is 0.371. The molecule has 1 aromatic rings. The van der Waals surface area contributed by atoms with Gasteiger partial charge in [0.2, 0.25) is 0 Å². The molecule has 0 saturated carbocycles. The second-order valence-electron chi connectivity index (χ2n) is 2.69. The van der Waals surface area contributed by atoms with Crippen LogP contribution >= 0.6 is 0 Å². The molecule has 78 valence electrons. The molecular weight excluding hydrogens is 204 g/mol. The zero-order valence-electron chi connectivity index (χ0n) is 7.61. The van der Waals surface area contributed by atoms with Gasteiger partial charge in [0.1, 0.15) is 24.7 Å². The van der Waals surface area contributed by atoms with Crippen LogP contribution in [0.25, 0.3) is 0 Å². The van der Waals surface area contributed by atoms with Gasteiger partial charge in [0.15, 0.2) is 0 Å². The summed E-state index contributed by atoms with van der Waals surface area (Å²) in [7, 11) is 0. The molecule has 1 rings (SSSR count). The van der Waals surface area contributed by atoms with E-state index in [1.54, 1.807) is 6.07 Å². The molecule has 0 aliphatic rings. The van der Waals surface area contributed by atoms with E-state index < -0.39 is 13.0 Å². The number of alkyl halides is 2. The van der Waals surface area contributed by atoms with Crippen LogP contribution in [0, 0.1) is 11.3 Å². The number of carbonyl (C=O) groups is 1. The van der Waals surface area contributed by atoms with Crippen molar-refractivity contribution in [3.05, 3.63) is 29.3 Å². The van der Waals surface area contributed by atoms with Gasteiger partial charge in [-0.15, -0.1) is 0 Å². The third-order valence-electron chi connectivity index (χ3n) is 1.62. The summed E-state index contributed by atoms with van der Waals surface area (Å²) in [6.45, 7) is -0.769. The highest BCUT2D eigenvalue weighted by atomic mass is 19.3. The fourth-order valence-electron chi connectivity index (χ4n) is 0.987. The minimum absolute atomic E-state index is 0.0587. The van der Waals surface area contributed by atoms with E-state index in [2.05, 4.69) is 0 Å². The molecule has 0 fully saturated rings. The Kier molecular flexibility index (Phi) is 3.75. The number of hydrogen-bond acceptors (Lipinski definition) is 3. The van der Waals surface area contributed by atoms with Crippen LogP contribution in [0.2, 0.25) is 0 Å². The minimum atomic E-state index is -2.60. The average Bonchev–Trinajstić information content (AvgIpc) is 2.25. The smallest absolute Gasteiger partial charge is 0.272 e. The van der Waals surface area contributed by atoms with Gasteiger partial charge < -0.3 is 4.74 Å². The molecule has 0 saturated heterocycles. The second-order valence-corrected chi connectivity index (χ2v) is 2.69. The molecule has 1 aromatic carbocycles. The van der Waals surface area contributed by atoms with Crippen molar-refractivity contribution in [2.45, 2.75) is 6.43 Å². The molecule has 0 spiro atoms. The topological polar surface area (TPSA) is 50.1 Å². The maximum Gasteiger partial charge on any atom is 0.272 e. The number of halogens is 2. The fourth-order valence-corrected chi connectivity index (χ4v) is 0.987. The molecule has 15 heavy (non-hydrogen) atoms. The number of nitriles is 1. The SMILES string of the molecule is N#Cc1cc(C=O)ccc1OCC(F)F. The fraction of sp³-hybridized carbons (Fsp3) is 0.200. The molecule has 0 amide bonds. The summed E-state index contributed by atoms with van der Waals surface area (Å²) < 4.78 is 28.4. The molecule has 0 N–H and O–H groups in total. The number of rotatable bonds is 4. The molecule has 0 aliphatic heterocycles. The number of carbonyl (C=O) groups excluding carboxylic acids is 1. The Balaban J connectivity index is 2.89. The molecular formula is C10H7F2NO2. The molecule has 0 aromatic heterocycles. The van der Waals surface area contributed by atoms with Crippen molar-refractivity contribution in [2.75, 3.05) is 6.61 Å². The van der Waals surface area contributed by atoms with Gasteiger partial charge in [-0.1, -0.05) is 0 Å². The first kappa shape index (κ1) is 11.1. The number of hydrogen-bond donors (Lipinski definition) is 0. The first-order valence-electron chi connectivity index (χ1n) is 4.07. The Bertz CT molecular complexity index is 399. The minimum Gasteiger partial charge on any atom is -0.486 e. The first-order valence-corrected chi connectivity index (χ1v) is 4.07. The summed E-state index contributed by atoms with van der Waals surface area (Å²) in [5, 5.41) is 8.67. The highest BCUT2D eigenvalue weighted by Crippen LogP contribution is 2.19. The molecule has 0 unspecified atom stereocenters. The standard InChI is InChI=1S/C10H7F2NO2/c11-10(12)6-15-9-2-1-7(5-14)3-8(9)4-13/h1-3,5,10H,6H2. The maximum atomic E-state index is 11.8. The van der Waals surface area contributed by atoms with Crippen molar-refractivity contribution >= 4 is 6.29 Å². The van der Waals surface area contributed by atoms with Gasteiger partial charge in [-0.3, -0.25) is 4.79 Å². The monoisotopic (exact) mass is 211 g/mol. The molecule has 0 bridgehead atoms. The summed E-state index contributed by atoms with van der Waals surface area (Å²) in [5.74, 6) is 0.0587. The van der Waals surface area contributed by atoms with Crippen LogP contribution in [0.4, 0.5) is 8.78 Å². The molecule has 0 heterocycles. The second kappa shape index (κ2) is 5.05. The van der Waals surface area contributed by atoms with Crippen molar-refractivity contribution in [2.24, 2.45) is 0 Å². The Morgan fingerprint density at radius 1 is 1.53 bits per heavy atom. The van der Waals surface area contributed by atoms with Crippen LogP contribution in [-0.4, -0.2) is 19.3 Å². The van der Waals surface area contributed by atoms with E-state index in [-0.39, 0.29) is 11.3 Å². The van der Waals surface area contributed by atoms with Crippen LogP contribution in [-0.2, 0) is 0 Å². The highest BCUT2D eigenvalue weighted by Gasteiger charge is 2.08. The van der Waals surface area contributed by atoms with Crippen LogP contribution in [0.3, 0.4) is 0 Å². The van der Waals surface area contributed by atoms with Crippen molar-refractivity contribution in [3.63, 3.8) is 0 Å². The van der Waals surface area contributed by atoms with Gasteiger partial charge in [-0.05, 0) is 18.2 Å². The Labute approximate surface area is 84.9 Å². The van der Waals surface area contributed by atoms with E-state index in [0.717, 1.165) is 0 Å². The Morgan fingerprint density at radius 2 is 2.27 bits per heavy atom. The summed E-state index contributed by atoms with van der Waals surface area (Å²) in [6.07, 6.45) is -2.03. The van der Waals surface area contributed by atoms with Gasteiger partial charge in [-0.25, -0.2) is 8.78 Å². The number of nitrogens with zero attached hydrogens (tertiary/aromatic N) is 1. The van der Waals surface area contributed by atoms with E-state index in [1.165, 1.54) is 18.2 Å². The lowest BCUT2D eigenvalue weighted by molar-refractivity contribution is 0.0817. The van der Waals surface area contributed by atoms with Crippen molar-refractivity contribution in [3.8, 4) is 11.8 Å². The van der Waals surface area contributed by atoms with Crippen LogP contribution < -0.4 is 4.74 Å². The van der Waals surface area contributed by atoms with Gasteiger partial charge in [0.05, 0.1) is 5.56 Å². The van der Waals surface area contributed by atoms with Gasteiger partial charge in [-0.2, -0.15) is 5.26 Å². The quantitative estimate of drug-likeness (QED) is 0.716. The van der Waals surface area contributed by atoms with Gasteiger partial charge in [0.25, 0.3) is 6.43 Å². The summed E-state index contributed by atoms with van der Waals surface area (Å²) >= 11 is 0. The third kappa shape index (κ3) is 3.02. The zero-order chi connectivity index (χ0) is 11.3. The normalized spacial score (nSPS) is 9.73. The number of aldehydes is 1. The van der Waals surface area contributed by atoms with Gasteiger partial charge in [0, 0.05) is 5.56 Å². The number of benzene rings is 1. The Hall–Kier alpha value is -1.96. The van der Waals surface area contributed by atoms with Crippen LogP contribution in [0.15, 0.2) is 18.2 Å². The predicted molar refractivity (Wildman–Crippen MR) is 48.0 cm³/mol. The van der Waals surface area contributed by atoms with Crippen molar-refractivity contribution in [1.82, 2.24) is 0 Å². The third-order valence-corrected chi connectivity index (χ3v) is 1.62.